The summed E-state index contributed by atoms with van der Waals surface area (Å²) in [6.07, 6.45) is 0. The Bertz CT molecular complexity index is 439. The molecule has 0 radical (unpaired) electrons. The summed E-state index contributed by atoms with van der Waals surface area (Å²) in [6.45, 7) is 2.04. The predicted molar refractivity (Wildman–Crippen MR) is 83.6 cm³/mol. The minimum atomic E-state index is 0.807. The van der Waals surface area contributed by atoms with E-state index in [1.54, 1.807) is 11.3 Å². The van der Waals surface area contributed by atoms with Gasteiger partial charge in [-0.3, -0.25) is 0 Å². The molecule has 0 saturated carbocycles. The van der Waals surface area contributed by atoms with Crippen molar-refractivity contribution in [2.75, 3.05) is 12.3 Å². The standard InChI is InChI=1S/C14H16ClNS2/c15-13-5-3-12(4-6-13)11-17-9-7-16-10-14-2-1-8-18-14/h1-6,8,16H,7,9-11H2. The lowest BCUT2D eigenvalue weighted by atomic mass is 10.2. The maximum absolute atomic E-state index is 5.85. The first kappa shape index (κ1) is 13.9. The Morgan fingerprint density at radius 3 is 2.72 bits per heavy atom. The molecule has 1 N–H and O–H groups in total. The van der Waals surface area contributed by atoms with Crippen molar-refractivity contribution < 1.29 is 0 Å². The fraction of sp³-hybridized carbons (Fsp3) is 0.286. The maximum atomic E-state index is 5.85. The SMILES string of the molecule is Clc1ccc(CSCCNCc2cccs2)cc1. The number of benzene rings is 1. The third-order valence-electron chi connectivity index (χ3n) is 2.48. The fourth-order valence-corrected chi connectivity index (χ4v) is 3.20. The first-order valence-electron chi connectivity index (χ1n) is 5.90. The lowest BCUT2D eigenvalue weighted by molar-refractivity contribution is 0.741. The maximum Gasteiger partial charge on any atom is 0.0406 e. The molecule has 2 rings (SSSR count). The van der Waals surface area contributed by atoms with E-state index in [1.807, 2.05) is 23.9 Å². The van der Waals surface area contributed by atoms with Gasteiger partial charge in [-0.1, -0.05) is 29.8 Å². The van der Waals surface area contributed by atoms with Crippen molar-refractivity contribution in [3.63, 3.8) is 0 Å². The van der Waals surface area contributed by atoms with Crippen molar-refractivity contribution in [2.24, 2.45) is 0 Å². The highest BCUT2D eigenvalue weighted by Gasteiger charge is 1.95. The van der Waals surface area contributed by atoms with Gasteiger partial charge in [0.1, 0.15) is 0 Å². The Balaban J connectivity index is 1.55. The van der Waals surface area contributed by atoms with E-state index in [0.29, 0.717) is 0 Å². The van der Waals surface area contributed by atoms with E-state index < -0.39 is 0 Å². The van der Waals surface area contributed by atoms with Crippen molar-refractivity contribution >= 4 is 34.7 Å². The molecule has 0 saturated heterocycles. The largest absolute Gasteiger partial charge is 0.311 e. The normalized spacial score (nSPS) is 10.7. The molecule has 0 amide bonds. The van der Waals surface area contributed by atoms with Crippen LogP contribution in [0.1, 0.15) is 10.4 Å². The Kier molecular flexibility index (Phi) is 6.08. The van der Waals surface area contributed by atoms with Crippen LogP contribution in [-0.4, -0.2) is 12.3 Å². The summed E-state index contributed by atoms with van der Waals surface area (Å²) in [7, 11) is 0. The first-order valence-corrected chi connectivity index (χ1v) is 8.31. The van der Waals surface area contributed by atoms with Gasteiger partial charge in [0.2, 0.25) is 0 Å². The van der Waals surface area contributed by atoms with Gasteiger partial charge in [0.05, 0.1) is 0 Å². The molecule has 0 aliphatic heterocycles. The Hall–Kier alpha value is -0.480. The van der Waals surface area contributed by atoms with Crippen LogP contribution in [0.25, 0.3) is 0 Å². The van der Waals surface area contributed by atoms with Crippen molar-refractivity contribution in [3.05, 3.63) is 57.2 Å². The van der Waals surface area contributed by atoms with Gasteiger partial charge in [0, 0.05) is 34.5 Å². The molecule has 0 unspecified atom stereocenters. The molecule has 4 heteroatoms. The molecule has 0 spiro atoms. The van der Waals surface area contributed by atoms with E-state index >= 15 is 0 Å². The van der Waals surface area contributed by atoms with E-state index in [-0.39, 0.29) is 0 Å². The number of thiophene rings is 1. The summed E-state index contributed by atoms with van der Waals surface area (Å²) in [5.41, 5.74) is 1.34. The van der Waals surface area contributed by atoms with Crippen LogP contribution in [-0.2, 0) is 12.3 Å². The van der Waals surface area contributed by atoms with E-state index in [4.69, 9.17) is 11.6 Å². The summed E-state index contributed by atoms with van der Waals surface area (Å²) in [6, 6.07) is 12.3. The highest BCUT2D eigenvalue weighted by Crippen LogP contribution is 2.15. The van der Waals surface area contributed by atoms with Crippen molar-refractivity contribution in [3.8, 4) is 0 Å². The number of hydrogen-bond acceptors (Lipinski definition) is 3. The van der Waals surface area contributed by atoms with E-state index in [2.05, 4.69) is 35.0 Å². The summed E-state index contributed by atoms with van der Waals surface area (Å²) < 4.78 is 0. The fourth-order valence-electron chi connectivity index (χ4n) is 1.54. The first-order chi connectivity index (χ1) is 8.84. The van der Waals surface area contributed by atoms with Crippen LogP contribution in [0.2, 0.25) is 5.02 Å². The molecule has 2 aromatic rings. The lowest BCUT2D eigenvalue weighted by Crippen LogP contribution is -2.15. The average Bonchev–Trinajstić information content (AvgIpc) is 2.89. The third-order valence-corrected chi connectivity index (χ3v) is 4.64. The van der Waals surface area contributed by atoms with E-state index in [9.17, 15) is 0 Å². The summed E-state index contributed by atoms with van der Waals surface area (Å²) >= 11 is 9.60. The second-order valence-electron chi connectivity index (χ2n) is 3.94. The number of nitrogens with one attached hydrogen (secondary N) is 1. The number of halogens is 1. The smallest absolute Gasteiger partial charge is 0.0406 e. The third kappa shape index (κ3) is 5.02. The lowest BCUT2D eigenvalue weighted by Gasteiger charge is -2.04. The number of hydrogen-bond donors (Lipinski definition) is 1. The van der Waals surface area contributed by atoms with Crippen LogP contribution >= 0.6 is 34.7 Å². The molecule has 0 aliphatic rings. The minimum absolute atomic E-state index is 0.807. The Labute approximate surface area is 122 Å². The summed E-state index contributed by atoms with van der Waals surface area (Å²) in [5, 5.41) is 6.38. The van der Waals surface area contributed by atoms with Crippen LogP contribution in [0, 0.1) is 0 Å². The van der Waals surface area contributed by atoms with Gasteiger partial charge in [0.25, 0.3) is 0 Å². The zero-order chi connectivity index (χ0) is 12.6. The van der Waals surface area contributed by atoms with E-state index in [0.717, 1.165) is 29.6 Å². The Morgan fingerprint density at radius 2 is 2.00 bits per heavy atom. The van der Waals surface area contributed by atoms with Crippen molar-refractivity contribution in [1.29, 1.82) is 0 Å². The van der Waals surface area contributed by atoms with Gasteiger partial charge in [-0.15, -0.1) is 11.3 Å². The molecule has 1 heterocycles. The Morgan fingerprint density at radius 1 is 1.17 bits per heavy atom. The zero-order valence-electron chi connectivity index (χ0n) is 10.1. The topological polar surface area (TPSA) is 12.0 Å². The van der Waals surface area contributed by atoms with Crippen LogP contribution < -0.4 is 5.32 Å². The van der Waals surface area contributed by atoms with E-state index in [1.165, 1.54) is 10.4 Å². The molecule has 1 aromatic heterocycles. The molecule has 1 aromatic carbocycles. The molecular formula is C14H16ClNS2. The average molecular weight is 298 g/mol. The van der Waals surface area contributed by atoms with Gasteiger partial charge < -0.3 is 5.32 Å². The highest BCUT2D eigenvalue weighted by molar-refractivity contribution is 7.98. The second-order valence-corrected chi connectivity index (χ2v) is 6.51. The monoisotopic (exact) mass is 297 g/mol. The zero-order valence-corrected chi connectivity index (χ0v) is 12.5. The molecule has 96 valence electrons. The van der Waals surface area contributed by atoms with Gasteiger partial charge >= 0.3 is 0 Å². The molecule has 0 fully saturated rings. The van der Waals surface area contributed by atoms with Crippen LogP contribution in [0.4, 0.5) is 0 Å². The van der Waals surface area contributed by atoms with Gasteiger partial charge in [-0.2, -0.15) is 11.8 Å². The van der Waals surface area contributed by atoms with Gasteiger partial charge in [-0.25, -0.2) is 0 Å². The predicted octanol–water partition coefficient (Wildman–Crippen LogP) is 4.42. The molecule has 1 nitrogen and oxygen atoms in total. The highest BCUT2D eigenvalue weighted by atomic mass is 35.5. The van der Waals surface area contributed by atoms with Gasteiger partial charge in [-0.05, 0) is 29.1 Å². The van der Waals surface area contributed by atoms with Gasteiger partial charge in [0.15, 0.2) is 0 Å². The molecule has 0 atom stereocenters. The molecule has 0 aliphatic carbocycles. The van der Waals surface area contributed by atoms with Crippen molar-refractivity contribution in [1.82, 2.24) is 5.32 Å². The number of thioether (sulfide) groups is 1. The molecular weight excluding hydrogens is 282 g/mol. The van der Waals surface area contributed by atoms with Crippen molar-refractivity contribution in [2.45, 2.75) is 12.3 Å². The molecule has 18 heavy (non-hydrogen) atoms. The minimum Gasteiger partial charge on any atom is -0.311 e. The quantitative estimate of drug-likeness (QED) is 0.759. The summed E-state index contributed by atoms with van der Waals surface area (Å²) in [5.74, 6) is 2.19. The van der Waals surface area contributed by atoms with Crippen LogP contribution in [0.5, 0.6) is 0 Å². The van der Waals surface area contributed by atoms with Crippen LogP contribution in [0.15, 0.2) is 41.8 Å². The molecule has 0 bridgehead atoms. The van der Waals surface area contributed by atoms with Crippen LogP contribution in [0.3, 0.4) is 0 Å². The number of rotatable bonds is 7. The summed E-state index contributed by atoms with van der Waals surface area (Å²) in [4.78, 5) is 1.40. The second kappa shape index (κ2) is 7.85.